The number of rotatable bonds is 8. The SMILES string of the molecule is C[CH](CC(O)(c1ccccc1)c1ccccc1)[Ge]([c]1ccccc1)([c]1ccccc1)[c]1ccccc1. The van der Waals surface area contributed by atoms with Crippen LogP contribution in [0.15, 0.2) is 152 Å². The topological polar surface area (TPSA) is 20.2 Å². The second kappa shape index (κ2) is 10.7. The van der Waals surface area contributed by atoms with Crippen molar-refractivity contribution in [2.24, 2.45) is 0 Å². The zero-order valence-electron chi connectivity index (χ0n) is 20.7. The Hall–Kier alpha value is -3.40. The summed E-state index contributed by atoms with van der Waals surface area (Å²) >= 11 is -3.30. The molecule has 36 heavy (non-hydrogen) atoms. The van der Waals surface area contributed by atoms with Crippen LogP contribution >= 0.6 is 0 Å². The Morgan fingerprint density at radius 3 is 1.08 bits per heavy atom. The minimum atomic E-state index is -3.30. The van der Waals surface area contributed by atoms with E-state index in [1.165, 1.54) is 13.2 Å². The van der Waals surface area contributed by atoms with Gasteiger partial charge >= 0.3 is 218 Å². The van der Waals surface area contributed by atoms with Crippen molar-refractivity contribution in [1.82, 2.24) is 0 Å². The fourth-order valence-electron chi connectivity index (χ4n) is 5.88. The van der Waals surface area contributed by atoms with E-state index in [4.69, 9.17) is 0 Å². The van der Waals surface area contributed by atoms with Gasteiger partial charge in [0.15, 0.2) is 0 Å². The molecule has 0 aliphatic rings. The predicted octanol–water partition coefficient (Wildman–Crippen LogP) is 5.87. The molecule has 0 bridgehead atoms. The van der Waals surface area contributed by atoms with Gasteiger partial charge in [-0.25, -0.2) is 0 Å². The first-order valence-electron chi connectivity index (χ1n) is 12.7. The van der Waals surface area contributed by atoms with Gasteiger partial charge in [-0.3, -0.25) is 0 Å². The molecule has 0 aromatic heterocycles. The molecule has 0 saturated heterocycles. The quantitative estimate of drug-likeness (QED) is 0.250. The van der Waals surface area contributed by atoms with Crippen molar-refractivity contribution >= 4 is 26.5 Å². The van der Waals surface area contributed by atoms with E-state index >= 15 is 0 Å². The summed E-state index contributed by atoms with van der Waals surface area (Å²) in [6.07, 6.45) is 0.625. The molecule has 0 amide bonds. The van der Waals surface area contributed by atoms with Gasteiger partial charge in [0, 0.05) is 0 Å². The number of benzene rings is 5. The van der Waals surface area contributed by atoms with Gasteiger partial charge < -0.3 is 0 Å². The molecule has 0 aliphatic carbocycles. The van der Waals surface area contributed by atoms with Crippen LogP contribution in [-0.2, 0) is 5.60 Å². The molecule has 1 N–H and O–H groups in total. The van der Waals surface area contributed by atoms with Crippen LogP contribution in [0, 0.1) is 0 Å². The summed E-state index contributed by atoms with van der Waals surface area (Å²) in [5.41, 5.74) is 0.776. The van der Waals surface area contributed by atoms with Crippen LogP contribution in [0.4, 0.5) is 0 Å². The minimum absolute atomic E-state index is 0.225. The first-order valence-corrected chi connectivity index (χ1v) is 17.0. The Labute approximate surface area is 217 Å². The monoisotopic (exact) mass is 530 g/mol. The van der Waals surface area contributed by atoms with E-state index in [1.807, 2.05) is 36.4 Å². The van der Waals surface area contributed by atoms with Gasteiger partial charge in [-0.1, -0.05) is 0 Å². The maximum atomic E-state index is 12.6. The second-order valence-electron chi connectivity index (χ2n) is 9.60. The van der Waals surface area contributed by atoms with Crippen LogP contribution < -0.4 is 13.2 Å². The average Bonchev–Trinajstić information content (AvgIpc) is 2.96. The number of aliphatic hydroxyl groups is 1. The molecule has 0 fully saturated rings. The fourth-order valence-corrected chi connectivity index (χ4v) is 17.3. The summed E-state index contributed by atoms with van der Waals surface area (Å²) in [6.45, 7) is 2.36. The van der Waals surface area contributed by atoms with Crippen LogP contribution in [-0.4, -0.2) is 18.4 Å². The number of hydrogen-bond donors (Lipinski definition) is 1. The molecule has 178 valence electrons. The average molecular weight is 529 g/mol. The molecule has 1 atom stereocenters. The van der Waals surface area contributed by atoms with Crippen molar-refractivity contribution in [3.05, 3.63) is 163 Å². The molecule has 5 rings (SSSR count). The van der Waals surface area contributed by atoms with Crippen molar-refractivity contribution in [3.8, 4) is 0 Å². The summed E-state index contributed by atoms with van der Waals surface area (Å²) in [6, 6.07) is 53.4. The Morgan fingerprint density at radius 2 is 0.778 bits per heavy atom. The van der Waals surface area contributed by atoms with Gasteiger partial charge in [0.2, 0.25) is 0 Å². The number of hydrogen-bond acceptors (Lipinski definition) is 1. The molecular formula is C34H32GeO. The molecule has 0 radical (unpaired) electrons. The van der Waals surface area contributed by atoms with E-state index in [0.29, 0.717) is 6.42 Å². The third-order valence-electron chi connectivity index (χ3n) is 7.53. The van der Waals surface area contributed by atoms with Crippen molar-refractivity contribution in [2.45, 2.75) is 23.7 Å². The standard InChI is InChI=1S/C34H32GeO/c1-28(27-34(36,29-17-7-2-8-18-29)30-19-9-3-10-20-30)35(31-21-11-4-12-22-31,32-23-13-5-14-24-32)33-25-15-6-16-26-33/h2-26,28,36H,27H2,1H3. The summed E-state index contributed by atoms with van der Waals surface area (Å²) in [4.78, 5) is 0. The van der Waals surface area contributed by atoms with Crippen LogP contribution in [0.1, 0.15) is 24.5 Å². The summed E-state index contributed by atoms with van der Waals surface area (Å²) in [7, 11) is 0. The van der Waals surface area contributed by atoms with Crippen LogP contribution in [0.25, 0.3) is 0 Å². The zero-order chi connectivity index (χ0) is 24.8. The predicted molar refractivity (Wildman–Crippen MR) is 154 cm³/mol. The van der Waals surface area contributed by atoms with E-state index in [2.05, 4.69) is 122 Å². The van der Waals surface area contributed by atoms with Gasteiger partial charge in [0.05, 0.1) is 0 Å². The normalized spacial score (nSPS) is 12.7. The third kappa shape index (κ3) is 4.45. The molecule has 1 nitrogen and oxygen atoms in total. The van der Waals surface area contributed by atoms with Crippen LogP contribution in [0.3, 0.4) is 0 Å². The summed E-state index contributed by atoms with van der Waals surface area (Å²) < 4.78 is 4.45. The molecule has 0 heterocycles. The van der Waals surface area contributed by atoms with Gasteiger partial charge in [0.1, 0.15) is 0 Å². The van der Waals surface area contributed by atoms with Crippen molar-refractivity contribution in [3.63, 3.8) is 0 Å². The Balaban J connectivity index is 1.75. The molecule has 1 unspecified atom stereocenters. The van der Waals surface area contributed by atoms with Gasteiger partial charge in [-0.05, 0) is 0 Å². The Bertz CT molecular complexity index is 1220. The molecule has 2 heteroatoms. The van der Waals surface area contributed by atoms with Gasteiger partial charge in [-0.15, -0.1) is 0 Å². The van der Waals surface area contributed by atoms with Gasteiger partial charge in [-0.2, -0.15) is 0 Å². The van der Waals surface area contributed by atoms with Crippen molar-refractivity contribution in [1.29, 1.82) is 0 Å². The molecule has 0 aliphatic heterocycles. The first-order chi connectivity index (χ1) is 17.7. The van der Waals surface area contributed by atoms with Gasteiger partial charge in [0.25, 0.3) is 0 Å². The summed E-state index contributed by atoms with van der Waals surface area (Å²) in [5.74, 6) is 0. The zero-order valence-corrected chi connectivity index (χ0v) is 22.8. The third-order valence-corrected chi connectivity index (χ3v) is 18.9. The maximum absolute atomic E-state index is 12.6. The molecule has 0 saturated carbocycles. The molecule has 5 aromatic carbocycles. The molecular weight excluding hydrogens is 497 g/mol. The van der Waals surface area contributed by atoms with Crippen LogP contribution in [0.2, 0.25) is 4.75 Å². The van der Waals surface area contributed by atoms with E-state index in [1.54, 1.807) is 0 Å². The van der Waals surface area contributed by atoms with E-state index in [-0.39, 0.29) is 4.75 Å². The van der Waals surface area contributed by atoms with Crippen molar-refractivity contribution in [2.75, 3.05) is 0 Å². The Morgan fingerprint density at radius 1 is 0.500 bits per heavy atom. The Kier molecular flexibility index (Phi) is 7.22. The van der Waals surface area contributed by atoms with Crippen molar-refractivity contribution < 1.29 is 5.11 Å². The second-order valence-corrected chi connectivity index (χ2v) is 18.7. The molecule has 0 spiro atoms. The van der Waals surface area contributed by atoms with E-state index in [0.717, 1.165) is 11.1 Å². The summed E-state index contributed by atoms with van der Waals surface area (Å²) in [5, 5.41) is 12.6. The first kappa shape index (κ1) is 24.3. The van der Waals surface area contributed by atoms with E-state index in [9.17, 15) is 5.11 Å². The molecule has 5 aromatic rings. The van der Waals surface area contributed by atoms with E-state index < -0.39 is 18.9 Å². The fraction of sp³-hybridized carbons (Fsp3) is 0.118. The van der Waals surface area contributed by atoms with Crippen LogP contribution in [0.5, 0.6) is 0 Å².